The smallest absolute Gasteiger partial charge is 0.236 e. The van der Waals surface area contributed by atoms with Gasteiger partial charge in [-0.25, -0.2) is 0 Å². The van der Waals surface area contributed by atoms with Crippen LogP contribution in [0.1, 0.15) is 38.2 Å². The first-order chi connectivity index (χ1) is 10.6. The average Bonchev–Trinajstić information content (AvgIpc) is 2.95. The lowest BCUT2D eigenvalue weighted by Crippen LogP contribution is -2.41. The molecule has 120 valence electrons. The van der Waals surface area contributed by atoms with E-state index in [1.807, 2.05) is 30.0 Å². The van der Waals surface area contributed by atoms with Crippen LogP contribution in [0.2, 0.25) is 0 Å². The van der Waals surface area contributed by atoms with Crippen LogP contribution in [0.5, 0.6) is 0 Å². The summed E-state index contributed by atoms with van der Waals surface area (Å²) in [6, 6.07) is 7.58. The Labute approximate surface area is 131 Å². The van der Waals surface area contributed by atoms with E-state index in [2.05, 4.69) is 11.4 Å². The molecule has 5 heteroatoms. The Morgan fingerprint density at radius 1 is 1.36 bits per heavy atom. The minimum absolute atomic E-state index is 0.122. The zero-order chi connectivity index (χ0) is 15.9. The second kappa shape index (κ2) is 7.94. The first-order valence-electron chi connectivity index (χ1n) is 8.05. The number of carbonyl (C=O) groups excluding carboxylic acids is 2. The van der Waals surface area contributed by atoms with Crippen LogP contribution in [0.25, 0.3) is 0 Å². The van der Waals surface area contributed by atoms with E-state index in [0.717, 1.165) is 25.1 Å². The molecule has 0 spiro atoms. The minimum Gasteiger partial charge on any atom is -0.355 e. The number of benzene rings is 1. The maximum absolute atomic E-state index is 12.3. The molecule has 0 aliphatic carbocycles. The molecule has 1 heterocycles. The molecule has 1 aliphatic heterocycles. The second-order valence-corrected chi connectivity index (χ2v) is 5.71. The standard InChI is InChI=1S/C17H25N3O2/c1-2-6-14(18)17(22)19-11-5-9-16(21)20-12-10-13-7-3-4-8-15(13)20/h3-4,7-8,14H,2,5-6,9-12,18H2,1H3,(H,19,22). The van der Waals surface area contributed by atoms with Gasteiger partial charge in [-0.3, -0.25) is 9.59 Å². The molecule has 1 aromatic rings. The zero-order valence-electron chi connectivity index (χ0n) is 13.2. The van der Waals surface area contributed by atoms with E-state index >= 15 is 0 Å². The van der Waals surface area contributed by atoms with Crippen LogP contribution in [0.15, 0.2) is 24.3 Å². The topological polar surface area (TPSA) is 75.4 Å². The number of nitrogens with zero attached hydrogens (tertiary/aromatic N) is 1. The summed E-state index contributed by atoms with van der Waals surface area (Å²) in [5.41, 5.74) is 8.00. The average molecular weight is 303 g/mol. The summed E-state index contributed by atoms with van der Waals surface area (Å²) in [6.07, 6.45) is 3.58. The number of anilines is 1. The molecule has 1 atom stereocenters. The zero-order valence-corrected chi connectivity index (χ0v) is 13.2. The monoisotopic (exact) mass is 303 g/mol. The van der Waals surface area contributed by atoms with Crippen molar-refractivity contribution in [3.63, 3.8) is 0 Å². The maximum atomic E-state index is 12.3. The lowest BCUT2D eigenvalue weighted by molar-refractivity contribution is -0.123. The van der Waals surface area contributed by atoms with Gasteiger partial charge in [0.2, 0.25) is 11.8 Å². The molecule has 0 bridgehead atoms. The molecule has 5 nitrogen and oxygen atoms in total. The highest BCUT2D eigenvalue weighted by Gasteiger charge is 2.23. The number of nitrogens with one attached hydrogen (secondary N) is 1. The number of para-hydroxylation sites is 1. The highest BCUT2D eigenvalue weighted by molar-refractivity contribution is 5.95. The number of hydrogen-bond acceptors (Lipinski definition) is 3. The second-order valence-electron chi connectivity index (χ2n) is 5.71. The first kappa shape index (κ1) is 16.5. The minimum atomic E-state index is -0.439. The summed E-state index contributed by atoms with van der Waals surface area (Å²) in [5.74, 6) is -0.00197. The molecule has 3 N–H and O–H groups in total. The summed E-state index contributed by atoms with van der Waals surface area (Å²) in [6.45, 7) is 3.25. The van der Waals surface area contributed by atoms with Gasteiger partial charge < -0.3 is 16.0 Å². The highest BCUT2D eigenvalue weighted by Crippen LogP contribution is 2.27. The summed E-state index contributed by atoms with van der Waals surface area (Å²) in [5, 5.41) is 2.80. The predicted octanol–water partition coefficient (Wildman–Crippen LogP) is 1.60. The summed E-state index contributed by atoms with van der Waals surface area (Å²) >= 11 is 0. The quantitative estimate of drug-likeness (QED) is 0.751. The number of amides is 2. The van der Waals surface area contributed by atoms with Gasteiger partial charge in [-0.05, 0) is 30.9 Å². The third kappa shape index (κ3) is 4.07. The van der Waals surface area contributed by atoms with Crippen molar-refractivity contribution in [2.45, 2.75) is 45.1 Å². The van der Waals surface area contributed by atoms with Crippen molar-refractivity contribution in [2.75, 3.05) is 18.0 Å². The van der Waals surface area contributed by atoms with Crippen LogP contribution in [-0.4, -0.2) is 30.9 Å². The Morgan fingerprint density at radius 2 is 2.14 bits per heavy atom. The molecule has 22 heavy (non-hydrogen) atoms. The normalized spacial score (nSPS) is 14.5. The van der Waals surface area contributed by atoms with Gasteiger partial charge in [-0.15, -0.1) is 0 Å². The molecule has 0 aromatic heterocycles. The number of hydrogen-bond donors (Lipinski definition) is 2. The van der Waals surface area contributed by atoms with Crippen LogP contribution in [0.3, 0.4) is 0 Å². The molecular weight excluding hydrogens is 278 g/mol. The predicted molar refractivity (Wildman–Crippen MR) is 87.6 cm³/mol. The van der Waals surface area contributed by atoms with Crippen molar-refractivity contribution in [3.8, 4) is 0 Å². The molecule has 2 amide bonds. The van der Waals surface area contributed by atoms with E-state index in [4.69, 9.17) is 5.73 Å². The van der Waals surface area contributed by atoms with E-state index in [1.165, 1.54) is 5.56 Å². The number of nitrogens with two attached hydrogens (primary N) is 1. The van der Waals surface area contributed by atoms with Gasteiger partial charge in [0.05, 0.1) is 6.04 Å². The SMILES string of the molecule is CCCC(N)C(=O)NCCCC(=O)N1CCc2ccccc21. The first-order valence-corrected chi connectivity index (χ1v) is 8.05. The highest BCUT2D eigenvalue weighted by atomic mass is 16.2. The van der Waals surface area contributed by atoms with E-state index in [1.54, 1.807) is 0 Å². The van der Waals surface area contributed by atoms with Crippen LogP contribution >= 0.6 is 0 Å². The van der Waals surface area contributed by atoms with Crippen molar-refractivity contribution in [3.05, 3.63) is 29.8 Å². The lowest BCUT2D eigenvalue weighted by Gasteiger charge is -2.17. The maximum Gasteiger partial charge on any atom is 0.236 e. The van der Waals surface area contributed by atoms with E-state index < -0.39 is 6.04 Å². The van der Waals surface area contributed by atoms with E-state index in [9.17, 15) is 9.59 Å². The number of fused-ring (bicyclic) bond motifs is 1. The van der Waals surface area contributed by atoms with Gasteiger partial charge in [0, 0.05) is 25.2 Å². The summed E-state index contributed by atoms with van der Waals surface area (Å²) in [4.78, 5) is 25.8. The van der Waals surface area contributed by atoms with Gasteiger partial charge >= 0.3 is 0 Å². The summed E-state index contributed by atoms with van der Waals surface area (Å²) < 4.78 is 0. The van der Waals surface area contributed by atoms with E-state index in [-0.39, 0.29) is 11.8 Å². The fourth-order valence-corrected chi connectivity index (χ4v) is 2.76. The van der Waals surface area contributed by atoms with Crippen molar-refractivity contribution in [1.29, 1.82) is 0 Å². The van der Waals surface area contributed by atoms with Crippen LogP contribution in [0, 0.1) is 0 Å². The van der Waals surface area contributed by atoms with Gasteiger partial charge in [0.1, 0.15) is 0 Å². The largest absolute Gasteiger partial charge is 0.355 e. The van der Waals surface area contributed by atoms with Gasteiger partial charge in [-0.2, -0.15) is 0 Å². The Balaban J connectivity index is 1.72. The Hall–Kier alpha value is -1.88. The molecule has 0 radical (unpaired) electrons. The molecule has 2 rings (SSSR count). The lowest BCUT2D eigenvalue weighted by atomic mass is 10.1. The van der Waals surface area contributed by atoms with Crippen molar-refractivity contribution >= 4 is 17.5 Å². The van der Waals surface area contributed by atoms with E-state index in [0.29, 0.717) is 25.8 Å². The van der Waals surface area contributed by atoms with Gasteiger partial charge in [-0.1, -0.05) is 31.5 Å². The number of carbonyl (C=O) groups is 2. The van der Waals surface area contributed by atoms with Crippen molar-refractivity contribution in [2.24, 2.45) is 5.73 Å². The van der Waals surface area contributed by atoms with Crippen LogP contribution in [0.4, 0.5) is 5.69 Å². The van der Waals surface area contributed by atoms with Crippen LogP contribution in [-0.2, 0) is 16.0 Å². The van der Waals surface area contributed by atoms with Gasteiger partial charge in [0.25, 0.3) is 0 Å². The van der Waals surface area contributed by atoms with Crippen LogP contribution < -0.4 is 16.0 Å². The third-order valence-electron chi connectivity index (χ3n) is 3.99. The molecule has 0 fully saturated rings. The fraction of sp³-hybridized carbons (Fsp3) is 0.529. The number of rotatable bonds is 7. The molecule has 1 aromatic carbocycles. The molecule has 1 aliphatic rings. The molecule has 1 unspecified atom stereocenters. The Morgan fingerprint density at radius 3 is 2.91 bits per heavy atom. The molecular formula is C17H25N3O2. The molecule has 0 saturated carbocycles. The Bertz CT molecular complexity index is 530. The third-order valence-corrected chi connectivity index (χ3v) is 3.99. The van der Waals surface area contributed by atoms with Crippen molar-refractivity contribution < 1.29 is 9.59 Å². The Kier molecular flexibility index (Phi) is 5.95. The van der Waals surface area contributed by atoms with Crippen molar-refractivity contribution in [1.82, 2.24) is 5.32 Å². The summed E-state index contributed by atoms with van der Waals surface area (Å²) in [7, 11) is 0. The molecule has 0 saturated heterocycles. The van der Waals surface area contributed by atoms with Gasteiger partial charge in [0.15, 0.2) is 0 Å². The fourth-order valence-electron chi connectivity index (χ4n) is 2.76.